The number of nitrogen functional groups attached to an aromatic ring is 1. The molecule has 5 N–H and O–H groups in total. The van der Waals surface area contributed by atoms with Crippen LogP contribution in [0.1, 0.15) is 17.3 Å². The fraction of sp³-hybridized carbons (Fsp3) is 0.273. The van der Waals surface area contributed by atoms with Gasteiger partial charge in [-0.25, -0.2) is 0 Å². The van der Waals surface area contributed by atoms with Crippen LogP contribution in [-0.4, -0.2) is 24.9 Å². The van der Waals surface area contributed by atoms with E-state index in [-0.39, 0.29) is 11.8 Å². The molecule has 0 fully saturated rings. The molecule has 0 atom stereocenters. The van der Waals surface area contributed by atoms with Gasteiger partial charge >= 0.3 is 0 Å². The molecule has 98 valence electrons. The molecule has 0 saturated heterocycles. The van der Waals surface area contributed by atoms with Crippen molar-refractivity contribution in [2.45, 2.75) is 6.92 Å². The average molecular weight is 271 g/mol. The van der Waals surface area contributed by atoms with E-state index in [0.29, 0.717) is 29.4 Å². The summed E-state index contributed by atoms with van der Waals surface area (Å²) in [5.41, 5.74) is 3.26. The Hall–Kier alpha value is -1.79. The van der Waals surface area contributed by atoms with Crippen LogP contribution in [0, 0.1) is 0 Å². The lowest BCUT2D eigenvalue weighted by Gasteiger charge is -2.10. The largest absolute Gasteiger partial charge is 0.355 e. The predicted molar refractivity (Wildman–Crippen MR) is 70.3 cm³/mol. The molecule has 0 heterocycles. The smallest absolute Gasteiger partial charge is 0.253 e. The van der Waals surface area contributed by atoms with Gasteiger partial charge in [0.2, 0.25) is 5.91 Å². The summed E-state index contributed by atoms with van der Waals surface area (Å²) in [7, 11) is 0. The molecule has 0 aliphatic rings. The number of nitrogens with two attached hydrogens (primary N) is 1. The zero-order valence-electron chi connectivity index (χ0n) is 9.92. The fourth-order valence-corrected chi connectivity index (χ4v) is 1.51. The molecule has 0 spiro atoms. The maximum atomic E-state index is 11.8. The first-order valence-electron chi connectivity index (χ1n) is 5.33. The van der Waals surface area contributed by atoms with Crippen molar-refractivity contribution < 1.29 is 9.59 Å². The van der Waals surface area contributed by atoms with Gasteiger partial charge in [0, 0.05) is 25.0 Å². The molecule has 18 heavy (non-hydrogen) atoms. The molecule has 1 aromatic rings. The summed E-state index contributed by atoms with van der Waals surface area (Å²) >= 11 is 5.82. The van der Waals surface area contributed by atoms with E-state index in [0.717, 1.165) is 0 Å². The fourth-order valence-electron chi connectivity index (χ4n) is 1.34. The van der Waals surface area contributed by atoms with Crippen LogP contribution in [-0.2, 0) is 4.79 Å². The Kier molecular flexibility index (Phi) is 5.41. The molecule has 0 aromatic heterocycles. The molecule has 0 unspecified atom stereocenters. The standard InChI is InChI=1S/C11H15ClN4O2/c1-7(17)14-4-5-15-11(18)9-6-8(12)2-3-10(9)16-13/h2-3,6,16H,4-5,13H2,1H3,(H,14,17)(H,15,18). The second kappa shape index (κ2) is 6.83. The van der Waals surface area contributed by atoms with Gasteiger partial charge in [-0.1, -0.05) is 11.6 Å². The van der Waals surface area contributed by atoms with Gasteiger partial charge in [0.1, 0.15) is 0 Å². The third-order valence-electron chi connectivity index (χ3n) is 2.17. The third kappa shape index (κ3) is 4.23. The number of nitrogens with one attached hydrogen (secondary N) is 3. The van der Waals surface area contributed by atoms with Crippen LogP contribution in [0.3, 0.4) is 0 Å². The first-order valence-corrected chi connectivity index (χ1v) is 5.71. The first kappa shape index (κ1) is 14.3. The summed E-state index contributed by atoms with van der Waals surface area (Å²) < 4.78 is 0. The van der Waals surface area contributed by atoms with Crippen LogP contribution in [0.2, 0.25) is 5.02 Å². The zero-order valence-corrected chi connectivity index (χ0v) is 10.7. The van der Waals surface area contributed by atoms with Crippen molar-refractivity contribution in [2.24, 2.45) is 5.84 Å². The van der Waals surface area contributed by atoms with Crippen molar-refractivity contribution in [1.29, 1.82) is 0 Å². The normalized spacial score (nSPS) is 9.72. The number of amides is 2. The van der Waals surface area contributed by atoms with Crippen molar-refractivity contribution in [3.63, 3.8) is 0 Å². The molecule has 2 amide bonds. The Bertz CT molecular complexity index is 451. The number of hydrogen-bond acceptors (Lipinski definition) is 4. The Morgan fingerprint density at radius 3 is 2.56 bits per heavy atom. The Balaban J connectivity index is 2.60. The lowest BCUT2D eigenvalue weighted by Crippen LogP contribution is -2.34. The lowest BCUT2D eigenvalue weighted by molar-refractivity contribution is -0.118. The summed E-state index contributed by atoms with van der Waals surface area (Å²) in [4.78, 5) is 22.5. The number of carbonyl (C=O) groups is 2. The summed E-state index contributed by atoms with van der Waals surface area (Å²) in [6, 6.07) is 4.76. The highest BCUT2D eigenvalue weighted by atomic mass is 35.5. The first-order chi connectivity index (χ1) is 8.54. The topological polar surface area (TPSA) is 96.2 Å². The highest BCUT2D eigenvalue weighted by molar-refractivity contribution is 6.31. The molecular formula is C11H15ClN4O2. The molecule has 7 heteroatoms. The average Bonchev–Trinajstić information content (AvgIpc) is 2.34. The molecule has 6 nitrogen and oxygen atoms in total. The van der Waals surface area contributed by atoms with Gasteiger partial charge in [-0.05, 0) is 18.2 Å². The summed E-state index contributed by atoms with van der Waals surface area (Å²) in [6.07, 6.45) is 0. The summed E-state index contributed by atoms with van der Waals surface area (Å²) in [5.74, 6) is 4.85. The van der Waals surface area contributed by atoms with E-state index in [1.165, 1.54) is 13.0 Å². The summed E-state index contributed by atoms with van der Waals surface area (Å²) in [6.45, 7) is 2.11. The number of hydrogen-bond donors (Lipinski definition) is 4. The minimum Gasteiger partial charge on any atom is -0.355 e. The van der Waals surface area contributed by atoms with E-state index in [4.69, 9.17) is 17.4 Å². The summed E-state index contributed by atoms with van der Waals surface area (Å²) in [5, 5.41) is 5.67. The van der Waals surface area contributed by atoms with Crippen LogP contribution < -0.4 is 21.9 Å². The molecule has 0 aliphatic heterocycles. The number of rotatable bonds is 5. The molecule has 0 radical (unpaired) electrons. The second-order valence-electron chi connectivity index (χ2n) is 3.57. The van der Waals surface area contributed by atoms with Crippen LogP contribution in [0.5, 0.6) is 0 Å². The maximum Gasteiger partial charge on any atom is 0.253 e. The number of halogens is 1. The van der Waals surface area contributed by atoms with Gasteiger partial charge in [0.05, 0.1) is 11.3 Å². The number of benzene rings is 1. The second-order valence-corrected chi connectivity index (χ2v) is 4.01. The van der Waals surface area contributed by atoms with Crippen molar-refractivity contribution in [2.75, 3.05) is 18.5 Å². The Morgan fingerprint density at radius 1 is 1.28 bits per heavy atom. The molecule has 0 saturated carbocycles. The number of carbonyl (C=O) groups excluding carboxylic acids is 2. The molecule has 1 rings (SSSR count). The Morgan fingerprint density at radius 2 is 1.94 bits per heavy atom. The lowest BCUT2D eigenvalue weighted by atomic mass is 10.1. The highest BCUT2D eigenvalue weighted by Crippen LogP contribution is 2.19. The van der Waals surface area contributed by atoms with E-state index < -0.39 is 0 Å². The van der Waals surface area contributed by atoms with Crippen LogP contribution >= 0.6 is 11.6 Å². The minimum absolute atomic E-state index is 0.142. The van der Waals surface area contributed by atoms with Crippen molar-refractivity contribution in [3.8, 4) is 0 Å². The van der Waals surface area contributed by atoms with Crippen molar-refractivity contribution in [3.05, 3.63) is 28.8 Å². The van der Waals surface area contributed by atoms with Gasteiger partial charge in [-0.15, -0.1) is 0 Å². The van der Waals surface area contributed by atoms with Crippen molar-refractivity contribution >= 4 is 29.1 Å². The van der Waals surface area contributed by atoms with E-state index in [2.05, 4.69) is 16.1 Å². The monoisotopic (exact) mass is 270 g/mol. The number of anilines is 1. The zero-order chi connectivity index (χ0) is 13.5. The molecule has 0 bridgehead atoms. The Labute approximate surface area is 110 Å². The van der Waals surface area contributed by atoms with Gasteiger partial charge in [-0.2, -0.15) is 0 Å². The number of hydrazine groups is 1. The quantitative estimate of drug-likeness (QED) is 0.356. The van der Waals surface area contributed by atoms with E-state index in [1.807, 2.05) is 0 Å². The predicted octanol–water partition coefficient (Wildman–Crippen LogP) is 0.491. The SMILES string of the molecule is CC(=O)NCCNC(=O)c1cc(Cl)ccc1NN. The van der Waals surface area contributed by atoms with Crippen LogP contribution in [0.25, 0.3) is 0 Å². The third-order valence-corrected chi connectivity index (χ3v) is 2.40. The van der Waals surface area contributed by atoms with E-state index in [1.54, 1.807) is 12.1 Å². The van der Waals surface area contributed by atoms with Crippen LogP contribution in [0.15, 0.2) is 18.2 Å². The molecule has 1 aromatic carbocycles. The van der Waals surface area contributed by atoms with E-state index in [9.17, 15) is 9.59 Å². The molecule has 0 aliphatic carbocycles. The molecular weight excluding hydrogens is 256 g/mol. The van der Waals surface area contributed by atoms with Crippen molar-refractivity contribution in [1.82, 2.24) is 10.6 Å². The van der Waals surface area contributed by atoms with Gasteiger partial charge in [-0.3, -0.25) is 15.4 Å². The van der Waals surface area contributed by atoms with Gasteiger partial charge in [0.15, 0.2) is 0 Å². The minimum atomic E-state index is -0.309. The maximum absolute atomic E-state index is 11.8. The van der Waals surface area contributed by atoms with Gasteiger partial charge < -0.3 is 16.1 Å². The van der Waals surface area contributed by atoms with Gasteiger partial charge in [0.25, 0.3) is 5.91 Å². The van der Waals surface area contributed by atoms with E-state index >= 15 is 0 Å². The van der Waals surface area contributed by atoms with Crippen LogP contribution in [0.4, 0.5) is 5.69 Å². The highest BCUT2D eigenvalue weighted by Gasteiger charge is 2.10.